The molecular weight excluding hydrogens is 348 g/mol. The third-order valence-corrected chi connectivity index (χ3v) is 7.01. The van der Waals surface area contributed by atoms with Crippen LogP contribution >= 0.6 is 0 Å². The maximum atomic E-state index is 13.0. The van der Waals surface area contributed by atoms with E-state index in [9.17, 15) is 13.2 Å². The molecule has 0 spiro atoms. The summed E-state index contributed by atoms with van der Waals surface area (Å²) in [5.74, 6) is -0.181. The summed E-state index contributed by atoms with van der Waals surface area (Å²) in [7, 11) is -3.55. The molecule has 26 heavy (non-hydrogen) atoms. The number of amides is 1. The van der Waals surface area contributed by atoms with Gasteiger partial charge in [-0.1, -0.05) is 54.1 Å². The van der Waals surface area contributed by atoms with Crippen LogP contribution in [0.15, 0.2) is 48.5 Å². The number of rotatable bonds is 3. The molecule has 6 heteroatoms. The topological polar surface area (TPSA) is 57.7 Å². The maximum Gasteiger partial charge on any atom is 0.238 e. The molecule has 0 aliphatic carbocycles. The fourth-order valence-corrected chi connectivity index (χ4v) is 5.42. The second kappa shape index (κ2) is 6.52. The van der Waals surface area contributed by atoms with E-state index in [-0.39, 0.29) is 24.2 Å². The molecule has 0 N–H and O–H groups in total. The monoisotopic (exact) mass is 370 g/mol. The minimum absolute atomic E-state index is 0.0627. The summed E-state index contributed by atoms with van der Waals surface area (Å²) >= 11 is 0. The second-order valence-electron chi connectivity index (χ2n) is 7.09. The molecule has 0 saturated carbocycles. The van der Waals surface area contributed by atoms with E-state index in [1.165, 1.54) is 9.87 Å². The fraction of sp³-hybridized carbons (Fsp3) is 0.350. The number of hydrogen-bond donors (Lipinski definition) is 0. The van der Waals surface area contributed by atoms with Crippen LogP contribution in [0.1, 0.15) is 28.3 Å². The van der Waals surface area contributed by atoms with E-state index in [4.69, 9.17) is 0 Å². The van der Waals surface area contributed by atoms with Gasteiger partial charge in [-0.15, -0.1) is 0 Å². The second-order valence-corrected chi connectivity index (χ2v) is 9.06. The maximum absolute atomic E-state index is 13.0. The van der Waals surface area contributed by atoms with Crippen molar-refractivity contribution in [3.8, 4) is 0 Å². The molecule has 2 aromatic carbocycles. The number of piperazine rings is 1. The van der Waals surface area contributed by atoms with E-state index < -0.39 is 10.0 Å². The number of hydrogen-bond acceptors (Lipinski definition) is 3. The first-order valence-corrected chi connectivity index (χ1v) is 10.5. The molecule has 1 fully saturated rings. The van der Waals surface area contributed by atoms with Gasteiger partial charge >= 0.3 is 0 Å². The highest BCUT2D eigenvalue weighted by atomic mass is 32.2. The lowest BCUT2D eigenvalue weighted by atomic mass is 9.91. The van der Waals surface area contributed by atoms with Gasteiger partial charge in [-0.05, 0) is 30.0 Å². The summed E-state index contributed by atoms with van der Waals surface area (Å²) in [6, 6.07) is 15.3. The molecule has 2 aliphatic heterocycles. The number of benzene rings is 2. The number of nitrogens with zero attached hydrogens (tertiary/aromatic N) is 2. The number of carbonyl (C=O) groups is 1. The molecule has 1 amide bonds. The lowest BCUT2D eigenvalue weighted by Gasteiger charge is -2.44. The molecule has 2 aliphatic rings. The van der Waals surface area contributed by atoms with Crippen LogP contribution in [0.4, 0.5) is 0 Å². The standard InChI is InChI=1S/C20H22N2O3S/c1-15-5-4-6-16(11-15)14-26(24,25)21-12-19-18-8-3-2-7-17(18)9-10-22(19)20(23)13-21/h2-8,11,19H,9-10,12-14H2,1H3. The van der Waals surface area contributed by atoms with Crippen molar-refractivity contribution >= 4 is 15.9 Å². The number of sulfonamides is 1. The lowest BCUT2D eigenvalue weighted by Crippen LogP contribution is -2.55. The van der Waals surface area contributed by atoms with Crippen LogP contribution in [0.5, 0.6) is 0 Å². The van der Waals surface area contributed by atoms with Gasteiger partial charge in [-0.2, -0.15) is 4.31 Å². The van der Waals surface area contributed by atoms with E-state index in [1.54, 1.807) is 0 Å². The minimum atomic E-state index is -3.55. The Balaban J connectivity index is 1.62. The predicted molar refractivity (Wildman–Crippen MR) is 100.0 cm³/mol. The lowest BCUT2D eigenvalue weighted by molar-refractivity contribution is -0.138. The molecule has 0 aromatic heterocycles. The Morgan fingerprint density at radius 2 is 1.92 bits per heavy atom. The van der Waals surface area contributed by atoms with Gasteiger partial charge in [0.15, 0.2) is 0 Å². The molecular formula is C20H22N2O3S. The molecule has 1 saturated heterocycles. The summed E-state index contributed by atoms with van der Waals surface area (Å²) in [6.07, 6.45) is 0.828. The van der Waals surface area contributed by atoms with Gasteiger partial charge in [-0.3, -0.25) is 4.79 Å². The Labute approximate surface area is 154 Å². The smallest absolute Gasteiger partial charge is 0.238 e. The summed E-state index contributed by atoms with van der Waals surface area (Å²) < 4.78 is 27.3. The Kier molecular flexibility index (Phi) is 4.32. The average Bonchev–Trinajstić information content (AvgIpc) is 2.61. The van der Waals surface area contributed by atoms with Crippen LogP contribution in [0.3, 0.4) is 0 Å². The zero-order valence-corrected chi connectivity index (χ0v) is 15.6. The van der Waals surface area contributed by atoms with Crippen molar-refractivity contribution in [3.05, 3.63) is 70.8 Å². The van der Waals surface area contributed by atoms with Crippen molar-refractivity contribution in [2.24, 2.45) is 0 Å². The first-order valence-electron chi connectivity index (χ1n) is 8.85. The van der Waals surface area contributed by atoms with Crippen LogP contribution in [0, 0.1) is 6.92 Å². The fourth-order valence-electron chi connectivity index (χ4n) is 3.96. The first-order chi connectivity index (χ1) is 12.4. The molecule has 5 nitrogen and oxygen atoms in total. The van der Waals surface area contributed by atoms with Crippen LogP contribution in [-0.2, 0) is 27.0 Å². The quantitative estimate of drug-likeness (QED) is 0.833. The van der Waals surface area contributed by atoms with Crippen LogP contribution in [0.25, 0.3) is 0 Å². The highest BCUT2D eigenvalue weighted by molar-refractivity contribution is 7.88. The Hall–Kier alpha value is -2.18. The normalized spacial score (nSPS) is 20.6. The van der Waals surface area contributed by atoms with Gasteiger partial charge in [0.25, 0.3) is 0 Å². The molecule has 0 radical (unpaired) electrons. The van der Waals surface area contributed by atoms with Gasteiger partial charge in [0, 0.05) is 13.1 Å². The summed E-state index contributed by atoms with van der Waals surface area (Å²) in [4.78, 5) is 14.5. The van der Waals surface area contributed by atoms with Crippen LogP contribution in [0.2, 0.25) is 0 Å². The van der Waals surface area contributed by atoms with Gasteiger partial charge in [0.05, 0.1) is 18.3 Å². The van der Waals surface area contributed by atoms with Crippen molar-refractivity contribution in [2.45, 2.75) is 25.1 Å². The summed E-state index contributed by atoms with van der Waals surface area (Å²) in [6.45, 7) is 2.87. The van der Waals surface area contributed by atoms with Crippen molar-refractivity contribution in [1.29, 1.82) is 0 Å². The summed E-state index contributed by atoms with van der Waals surface area (Å²) in [5.41, 5.74) is 4.06. The van der Waals surface area contributed by atoms with E-state index in [1.807, 2.05) is 54.3 Å². The van der Waals surface area contributed by atoms with Gasteiger partial charge < -0.3 is 4.90 Å². The van der Waals surface area contributed by atoms with E-state index >= 15 is 0 Å². The van der Waals surface area contributed by atoms with E-state index in [2.05, 4.69) is 6.07 Å². The molecule has 2 heterocycles. The summed E-state index contributed by atoms with van der Waals surface area (Å²) in [5, 5.41) is 0. The van der Waals surface area contributed by atoms with Gasteiger partial charge in [0.1, 0.15) is 0 Å². The minimum Gasteiger partial charge on any atom is -0.333 e. The van der Waals surface area contributed by atoms with E-state index in [0.717, 1.165) is 23.1 Å². The average molecular weight is 370 g/mol. The largest absolute Gasteiger partial charge is 0.333 e. The highest BCUT2D eigenvalue weighted by Gasteiger charge is 2.40. The van der Waals surface area contributed by atoms with Crippen molar-refractivity contribution in [1.82, 2.24) is 9.21 Å². The van der Waals surface area contributed by atoms with E-state index in [0.29, 0.717) is 13.1 Å². The third kappa shape index (κ3) is 3.15. The molecule has 1 atom stereocenters. The predicted octanol–water partition coefficient (Wildman–Crippen LogP) is 2.27. The zero-order valence-electron chi connectivity index (χ0n) is 14.8. The number of fused-ring (bicyclic) bond motifs is 3. The van der Waals surface area contributed by atoms with Crippen LogP contribution in [-0.4, -0.2) is 43.2 Å². The molecule has 0 bridgehead atoms. The van der Waals surface area contributed by atoms with Gasteiger partial charge in [0.2, 0.25) is 15.9 Å². The SMILES string of the molecule is Cc1cccc(CS(=O)(=O)N2CC(=O)N3CCc4ccccc4C3C2)c1. The zero-order chi connectivity index (χ0) is 18.3. The van der Waals surface area contributed by atoms with Crippen molar-refractivity contribution in [2.75, 3.05) is 19.6 Å². The molecule has 4 rings (SSSR count). The Morgan fingerprint density at radius 3 is 2.73 bits per heavy atom. The number of aryl methyl sites for hydroxylation is 1. The van der Waals surface area contributed by atoms with Crippen molar-refractivity contribution < 1.29 is 13.2 Å². The molecule has 1 unspecified atom stereocenters. The van der Waals surface area contributed by atoms with Crippen molar-refractivity contribution in [3.63, 3.8) is 0 Å². The Morgan fingerprint density at radius 1 is 1.12 bits per heavy atom. The third-order valence-electron chi connectivity index (χ3n) is 5.25. The van der Waals surface area contributed by atoms with Crippen LogP contribution < -0.4 is 0 Å². The first kappa shape index (κ1) is 17.2. The Bertz CT molecular complexity index is 955. The molecule has 2 aromatic rings. The highest BCUT2D eigenvalue weighted by Crippen LogP contribution is 2.34. The van der Waals surface area contributed by atoms with Gasteiger partial charge in [-0.25, -0.2) is 8.42 Å². The molecule has 136 valence electrons. The number of carbonyl (C=O) groups excluding carboxylic acids is 1.